The lowest BCUT2D eigenvalue weighted by atomic mass is 9.89. The van der Waals surface area contributed by atoms with Crippen molar-refractivity contribution in [1.29, 1.82) is 0 Å². The fourth-order valence-corrected chi connectivity index (χ4v) is 3.53. The summed E-state index contributed by atoms with van der Waals surface area (Å²) in [5.74, 6) is 0.394. The van der Waals surface area contributed by atoms with Crippen molar-refractivity contribution in [2.75, 3.05) is 0 Å². The number of aromatic nitrogens is 2. The standard InChI is InChI=1S/C16H19N3OS/c20-15(12-4-2-1-3-5-12)18-10-14-11-21-16(19-14)13-6-8-17-9-7-13/h6-9,11-12H,1-5,10H2,(H,18,20). The number of carbonyl (C=O) groups excluding carboxylic acids is 1. The van der Waals surface area contributed by atoms with E-state index in [1.54, 1.807) is 23.7 Å². The maximum Gasteiger partial charge on any atom is 0.223 e. The van der Waals surface area contributed by atoms with Gasteiger partial charge in [-0.1, -0.05) is 19.3 Å². The molecule has 1 aliphatic rings. The topological polar surface area (TPSA) is 54.9 Å². The van der Waals surface area contributed by atoms with Gasteiger partial charge >= 0.3 is 0 Å². The zero-order chi connectivity index (χ0) is 14.5. The number of hydrogen-bond donors (Lipinski definition) is 1. The monoisotopic (exact) mass is 301 g/mol. The molecule has 4 nitrogen and oxygen atoms in total. The smallest absolute Gasteiger partial charge is 0.223 e. The van der Waals surface area contributed by atoms with Gasteiger partial charge in [-0.3, -0.25) is 9.78 Å². The molecule has 3 rings (SSSR count). The zero-order valence-electron chi connectivity index (χ0n) is 11.9. The van der Waals surface area contributed by atoms with Crippen LogP contribution in [-0.4, -0.2) is 15.9 Å². The quantitative estimate of drug-likeness (QED) is 0.941. The number of amides is 1. The average Bonchev–Trinajstić information content (AvgIpc) is 3.03. The first-order valence-electron chi connectivity index (χ1n) is 7.45. The van der Waals surface area contributed by atoms with Crippen molar-refractivity contribution < 1.29 is 4.79 Å². The van der Waals surface area contributed by atoms with Crippen LogP contribution in [0.4, 0.5) is 0 Å². The largest absolute Gasteiger partial charge is 0.350 e. The molecule has 110 valence electrons. The molecular formula is C16H19N3OS. The third-order valence-electron chi connectivity index (χ3n) is 3.90. The fraction of sp³-hybridized carbons (Fsp3) is 0.438. The van der Waals surface area contributed by atoms with Gasteiger partial charge in [-0.2, -0.15) is 0 Å². The summed E-state index contributed by atoms with van der Waals surface area (Å²) in [5.41, 5.74) is 2.00. The summed E-state index contributed by atoms with van der Waals surface area (Å²) in [6.45, 7) is 0.525. The van der Waals surface area contributed by atoms with E-state index in [2.05, 4.69) is 15.3 Å². The van der Waals surface area contributed by atoms with Gasteiger partial charge in [0.25, 0.3) is 0 Å². The highest BCUT2D eigenvalue weighted by atomic mass is 32.1. The first-order chi connectivity index (χ1) is 10.3. The van der Waals surface area contributed by atoms with Crippen molar-refractivity contribution in [3.05, 3.63) is 35.6 Å². The number of thiazole rings is 1. The van der Waals surface area contributed by atoms with Crippen molar-refractivity contribution in [3.8, 4) is 10.6 Å². The summed E-state index contributed by atoms with van der Waals surface area (Å²) in [6, 6.07) is 3.90. The first-order valence-corrected chi connectivity index (χ1v) is 8.33. The molecule has 1 fully saturated rings. The number of nitrogens with zero attached hydrogens (tertiary/aromatic N) is 2. The normalized spacial score (nSPS) is 15.8. The molecule has 0 saturated heterocycles. The Morgan fingerprint density at radius 3 is 2.76 bits per heavy atom. The molecule has 1 N–H and O–H groups in total. The van der Waals surface area contributed by atoms with E-state index in [4.69, 9.17) is 0 Å². The van der Waals surface area contributed by atoms with E-state index < -0.39 is 0 Å². The Kier molecular flexibility index (Phi) is 4.60. The minimum atomic E-state index is 0.188. The van der Waals surface area contributed by atoms with E-state index in [0.717, 1.165) is 29.1 Å². The maximum atomic E-state index is 12.1. The first kappa shape index (κ1) is 14.2. The minimum Gasteiger partial charge on any atom is -0.350 e. The summed E-state index contributed by atoms with van der Waals surface area (Å²) >= 11 is 1.60. The van der Waals surface area contributed by atoms with Crippen LogP contribution in [0.25, 0.3) is 10.6 Å². The van der Waals surface area contributed by atoms with Crippen molar-refractivity contribution in [3.63, 3.8) is 0 Å². The molecule has 5 heteroatoms. The third-order valence-corrected chi connectivity index (χ3v) is 4.84. The van der Waals surface area contributed by atoms with E-state index in [1.807, 2.05) is 17.5 Å². The molecule has 0 spiro atoms. The average molecular weight is 301 g/mol. The predicted molar refractivity (Wildman–Crippen MR) is 83.8 cm³/mol. The number of hydrogen-bond acceptors (Lipinski definition) is 4. The number of nitrogens with one attached hydrogen (secondary N) is 1. The van der Waals surface area contributed by atoms with Crippen LogP contribution in [-0.2, 0) is 11.3 Å². The van der Waals surface area contributed by atoms with E-state index in [0.29, 0.717) is 6.54 Å². The Morgan fingerprint density at radius 2 is 2.00 bits per heavy atom. The molecule has 2 aromatic heterocycles. The van der Waals surface area contributed by atoms with Gasteiger partial charge in [-0.15, -0.1) is 11.3 Å². The van der Waals surface area contributed by atoms with Crippen LogP contribution in [0.3, 0.4) is 0 Å². The summed E-state index contributed by atoms with van der Waals surface area (Å²) in [4.78, 5) is 20.7. The van der Waals surface area contributed by atoms with Gasteiger partial charge in [-0.25, -0.2) is 4.98 Å². The van der Waals surface area contributed by atoms with Crippen LogP contribution in [0.5, 0.6) is 0 Å². The lowest BCUT2D eigenvalue weighted by molar-refractivity contribution is -0.126. The van der Waals surface area contributed by atoms with Crippen molar-refractivity contribution >= 4 is 17.2 Å². The van der Waals surface area contributed by atoms with E-state index in [1.165, 1.54) is 19.3 Å². The molecule has 21 heavy (non-hydrogen) atoms. The number of rotatable bonds is 4. The highest BCUT2D eigenvalue weighted by Gasteiger charge is 2.20. The van der Waals surface area contributed by atoms with Gasteiger partial charge in [0.2, 0.25) is 5.91 Å². The Hall–Kier alpha value is -1.75. The molecule has 0 aromatic carbocycles. The second kappa shape index (κ2) is 6.80. The lowest BCUT2D eigenvalue weighted by Crippen LogP contribution is -2.31. The number of pyridine rings is 1. The second-order valence-corrected chi connectivity index (χ2v) is 6.29. The molecule has 2 heterocycles. The van der Waals surface area contributed by atoms with Gasteiger partial charge in [-0.05, 0) is 25.0 Å². The van der Waals surface area contributed by atoms with Crippen molar-refractivity contribution in [1.82, 2.24) is 15.3 Å². The molecule has 0 atom stereocenters. The second-order valence-electron chi connectivity index (χ2n) is 5.43. The van der Waals surface area contributed by atoms with E-state index in [9.17, 15) is 4.79 Å². The Morgan fingerprint density at radius 1 is 1.24 bits per heavy atom. The van der Waals surface area contributed by atoms with Crippen LogP contribution in [0.15, 0.2) is 29.9 Å². The molecular weight excluding hydrogens is 282 g/mol. The maximum absolute atomic E-state index is 12.1. The van der Waals surface area contributed by atoms with Gasteiger partial charge in [0.05, 0.1) is 12.2 Å². The predicted octanol–water partition coefficient (Wildman–Crippen LogP) is 3.40. The highest BCUT2D eigenvalue weighted by molar-refractivity contribution is 7.13. The molecule has 1 saturated carbocycles. The Labute approximate surface area is 128 Å². The minimum absolute atomic E-state index is 0.188. The van der Waals surface area contributed by atoms with Gasteiger partial charge < -0.3 is 5.32 Å². The fourth-order valence-electron chi connectivity index (χ4n) is 2.70. The lowest BCUT2D eigenvalue weighted by Gasteiger charge is -2.20. The molecule has 0 aliphatic heterocycles. The summed E-state index contributed by atoms with van der Waals surface area (Å²) in [7, 11) is 0. The van der Waals surface area contributed by atoms with Crippen LogP contribution < -0.4 is 5.32 Å². The molecule has 0 radical (unpaired) electrons. The van der Waals surface area contributed by atoms with Gasteiger partial charge in [0.1, 0.15) is 5.01 Å². The third kappa shape index (κ3) is 3.67. The van der Waals surface area contributed by atoms with Gasteiger partial charge in [0.15, 0.2) is 0 Å². The molecule has 1 amide bonds. The number of carbonyl (C=O) groups is 1. The van der Waals surface area contributed by atoms with Crippen LogP contribution in [0.1, 0.15) is 37.8 Å². The molecule has 1 aliphatic carbocycles. The van der Waals surface area contributed by atoms with Crippen LogP contribution >= 0.6 is 11.3 Å². The Bertz CT molecular complexity index is 591. The zero-order valence-corrected chi connectivity index (χ0v) is 12.7. The highest BCUT2D eigenvalue weighted by Crippen LogP contribution is 2.25. The summed E-state index contributed by atoms with van der Waals surface area (Å²) < 4.78 is 0. The summed E-state index contributed by atoms with van der Waals surface area (Å²) in [6.07, 6.45) is 9.23. The van der Waals surface area contributed by atoms with E-state index in [-0.39, 0.29) is 11.8 Å². The van der Waals surface area contributed by atoms with Crippen molar-refractivity contribution in [2.45, 2.75) is 38.6 Å². The van der Waals surface area contributed by atoms with Crippen LogP contribution in [0.2, 0.25) is 0 Å². The summed E-state index contributed by atoms with van der Waals surface area (Å²) in [5, 5.41) is 6.01. The molecule has 0 unspecified atom stereocenters. The van der Waals surface area contributed by atoms with E-state index >= 15 is 0 Å². The SMILES string of the molecule is O=C(NCc1csc(-c2ccncc2)n1)C1CCCCC1. The van der Waals surface area contributed by atoms with Crippen molar-refractivity contribution in [2.24, 2.45) is 5.92 Å². The molecule has 2 aromatic rings. The van der Waals surface area contributed by atoms with Gasteiger partial charge in [0, 0.05) is 29.3 Å². The molecule has 0 bridgehead atoms. The Balaban J connectivity index is 1.56. The van der Waals surface area contributed by atoms with Crippen LogP contribution in [0, 0.1) is 5.92 Å².